The molecule has 106 valence electrons. The highest BCUT2D eigenvalue weighted by Crippen LogP contribution is 2.22. The molecule has 2 aromatic rings. The number of nitrogens with zero attached hydrogens (tertiary/aromatic N) is 2. The second kappa shape index (κ2) is 5.95. The molecule has 0 fully saturated rings. The highest BCUT2D eigenvalue weighted by atomic mass is 127. The van der Waals surface area contributed by atoms with Crippen molar-refractivity contribution >= 4 is 33.9 Å². The summed E-state index contributed by atoms with van der Waals surface area (Å²) in [5.74, 6) is 0.590. The second-order valence-electron chi connectivity index (χ2n) is 4.64. The lowest BCUT2D eigenvalue weighted by Crippen LogP contribution is -2.20. The Morgan fingerprint density at radius 2 is 2.20 bits per heavy atom. The fourth-order valence-electron chi connectivity index (χ4n) is 2.27. The third kappa shape index (κ3) is 2.59. The quantitative estimate of drug-likeness (QED) is 0.498. The van der Waals surface area contributed by atoms with Gasteiger partial charge in [-0.25, -0.2) is 4.98 Å². The molecule has 0 saturated heterocycles. The Kier molecular flexibility index (Phi) is 4.47. The second-order valence-corrected chi connectivity index (χ2v) is 6.51. The van der Waals surface area contributed by atoms with Gasteiger partial charge in [0.25, 0.3) is 5.56 Å². The van der Waals surface area contributed by atoms with Gasteiger partial charge in [-0.15, -0.1) is 0 Å². The Morgan fingerprint density at radius 1 is 1.50 bits per heavy atom. The average Bonchev–Trinajstić information content (AvgIpc) is 2.79. The molecule has 0 aliphatic heterocycles. The molecule has 0 bridgehead atoms. The van der Waals surface area contributed by atoms with Crippen molar-refractivity contribution in [2.24, 2.45) is 0 Å². The minimum atomic E-state index is 0.00725. The van der Waals surface area contributed by atoms with E-state index in [4.69, 9.17) is 0 Å². The molecule has 0 spiro atoms. The maximum Gasteiger partial charge on any atom is 0.263 e. The van der Waals surface area contributed by atoms with Crippen molar-refractivity contribution in [1.82, 2.24) is 14.4 Å². The van der Waals surface area contributed by atoms with E-state index in [1.54, 1.807) is 4.40 Å². The van der Waals surface area contributed by atoms with Crippen molar-refractivity contribution in [2.75, 3.05) is 0 Å². The van der Waals surface area contributed by atoms with Crippen LogP contribution in [-0.2, 0) is 0 Å². The first-order valence-electron chi connectivity index (χ1n) is 6.55. The van der Waals surface area contributed by atoms with Gasteiger partial charge in [-0.3, -0.25) is 9.20 Å². The van der Waals surface area contributed by atoms with Gasteiger partial charge >= 0.3 is 0 Å². The van der Waals surface area contributed by atoms with Gasteiger partial charge < -0.3 is 4.98 Å². The van der Waals surface area contributed by atoms with Crippen LogP contribution in [0.3, 0.4) is 0 Å². The van der Waals surface area contributed by atoms with Crippen molar-refractivity contribution < 1.29 is 0 Å². The average molecular weight is 383 g/mol. The molecule has 2 heterocycles. The van der Waals surface area contributed by atoms with Crippen molar-refractivity contribution in [3.05, 3.63) is 51.7 Å². The van der Waals surface area contributed by atoms with E-state index in [2.05, 4.69) is 32.6 Å². The summed E-state index contributed by atoms with van der Waals surface area (Å²) < 4.78 is 1.74. The Bertz CT molecular complexity index is 750. The highest BCUT2D eigenvalue weighted by molar-refractivity contribution is 14.1. The van der Waals surface area contributed by atoms with E-state index in [9.17, 15) is 4.79 Å². The van der Waals surface area contributed by atoms with E-state index in [0.29, 0.717) is 5.78 Å². The van der Waals surface area contributed by atoms with Crippen LogP contribution in [0.1, 0.15) is 41.6 Å². The van der Waals surface area contributed by atoms with Gasteiger partial charge in [-0.2, -0.15) is 0 Å². The number of aryl methyl sites for hydroxylation is 1. The van der Waals surface area contributed by atoms with Crippen molar-refractivity contribution in [3.63, 3.8) is 0 Å². The molecule has 0 aromatic carbocycles. The zero-order chi connectivity index (χ0) is 14.9. The summed E-state index contributed by atoms with van der Waals surface area (Å²) in [6, 6.07) is 0. The molecule has 0 aliphatic carbocycles. The fourth-order valence-corrected chi connectivity index (χ4v) is 2.99. The lowest BCUT2D eigenvalue weighted by molar-refractivity contribution is 0.941. The largest absolute Gasteiger partial charge is 0.323 e. The summed E-state index contributed by atoms with van der Waals surface area (Å²) in [6.45, 7) is 7.83. The van der Waals surface area contributed by atoms with Crippen LogP contribution in [0.25, 0.3) is 11.4 Å². The molecule has 20 heavy (non-hydrogen) atoms. The van der Waals surface area contributed by atoms with Gasteiger partial charge in [0.1, 0.15) is 0 Å². The minimum absolute atomic E-state index is 0.00725. The van der Waals surface area contributed by atoms with Gasteiger partial charge in [0.15, 0.2) is 0 Å². The number of nitrogens with one attached hydrogen (secondary N) is 1. The number of allylic oxidation sites excluding steroid dienone is 4. The number of hydrogen-bond donors (Lipinski definition) is 1. The number of hydrogen-bond acceptors (Lipinski definition) is 2. The summed E-state index contributed by atoms with van der Waals surface area (Å²) in [4.78, 5) is 20.2. The summed E-state index contributed by atoms with van der Waals surface area (Å²) in [6.07, 6.45) is 7.80. The van der Waals surface area contributed by atoms with E-state index in [1.165, 1.54) is 0 Å². The van der Waals surface area contributed by atoms with Crippen LogP contribution < -0.4 is 5.56 Å². The minimum Gasteiger partial charge on any atom is -0.323 e. The molecule has 0 amide bonds. The fraction of sp³-hybridized carbons (Fsp3) is 0.333. The van der Waals surface area contributed by atoms with Crippen molar-refractivity contribution in [2.45, 2.75) is 31.6 Å². The van der Waals surface area contributed by atoms with E-state index < -0.39 is 0 Å². The predicted molar refractivity (Wildman–Crippen MR) is 91.4 cm³/mol. The van der Waals surface area contributed by atoms with Crippen molar-refractivity contribution in [1.29, 1.82) is 0 Å². The van der Waals surface area contributed by atoms with Gasteiger partial charge in [0, 0.05) is 10.1 Å². The first-order valence-corrected chi connectivity index (χ1v) is 7.79. The first kappa shape index (κ1) is 15.0. The third-order valence-electron chi connectivity index (χ3n) is 3.21. The summed E-state index contributed by atoms with van der Waals surface area (Å²) in [7, 11) is 0. The molecule has 0 aliphatic rings. The zero-order valence-electron chi connectivity index (χ0n) is 12.1. The normalized spacial score (nSPS) is 14.3. The monoisotopic (exact) mass is 383 g/mol. The first-order chi connectivity index (χ1) is 9.49. The lowest BCUT2D eigenvalue weighted by atomic mass is 10.2. The zero-order valence-corrected chi connectivity index (χ0v) is 14.2. The molecule has 1 N–H and O–H groups in total. The topological polar surface area (TPSA) is 50.2 Å². The number of H-pyrrole nitrogens is 1. The number of imidazole rings is 1. The molecule has 1 unspecified atom stereocenters. The molecular weight excluding hydrogens is 365 g/mol. The molecule has 0 radical (unpaired) electrons. The van der Waals surface area contributed by atoms with Crippen LogP contribution in [-0.4, -0.2) is 14.4 Å². The Balaban J connectivity index is 2.73. The van der Waals surface area contributed by atoms with Crippen LogP contribution in [0, 0.1) is 6.92 Å². The SMILES string of the molecule is C/C=C\C(=C/C)c1cn2c(=O)c(C(C)I)c(C)nc2[nH]1. The third-order valence-corrected chi connectivity index (χ3v) is 3.83. The van der Waals surface area contributed by atoms with Gasteiger partial charge in [-0.1, -0.05) is 40.8 Å². The summed E-state index contributed by atoms with van der Waals surface area (Å²) >= 11 is 2.25. The Labute approximate surface area is 131 Å². The van der Waals surface area contributed by atoms with Crippen LogP contribution >= 0.6 is 22.6 Å². The standard InChI is InChI=1S/C15H18IN3O/c1-5-7-11(6-2)12-8-19-14(20)13(9(3)16)10(4)17-15(19)18-12/h5-9H,1-4H3,(H,17,18)/b7-5-,11-6+. The van der Waals surface area contributed by atoms with Crippen molar-refractivity contribution in [3.8, 4) is 0 Å². The summed E-state index contributed by atoms with van der Waals surface area (Å²) in [5.41, 5.74) is 3.50. The van der Waals surface area contributed by atoms with Crippen LogP contribution in [0.15, 0.2) is 29.2 Å². The smallest absolute Gasteiger partial charge is 0.263 e. The van der Waals surface area contributed by atoms with Gasteiger partial charge in [-0.05, 0) is 33.3 Å². The van der Waals surface area contributed by atoms with Crippen LogP contribution in [0.2, 0.25) is 0 Å². The molecule has 0 saturated carbocycles. The number of rotatable bonds is 3. The van der Waals surface area contributed by atoms with E-state index in [-0.39, 0.29) is 9.48 Å². The van der Waals surface area contributed by atoms with Gasteiger partial charge in [0.05, 0.1) is 17.0 Å². The highest BCUT2D eigenvalue weighted by Gasteiger charge is 2.15. The number of fused-ring (bicyclic) bond motifs is 1. The van der Waals surface area contributed by atoms with E-state index in [1.807, 2.05) is 52.1 Å². The van der Waals surface area contributed by atoms with Gasteiger partial charge in [0.2, 0.25) is 5.78 Å². The van der Waals surface area contributed by atoms with Crippen LogP contribution in [0.4, 0.5) is 0 Å². The Hall–Kier alpha value is -1.37. The molecule has 5 heteroatoms. The van der Waals surface area contributed by atoms with E-state index >= 15 is 0 Å². The number of aromatic nitrogens is 3. The molecule has 4 nitrogen and oxygen atoms in total. The summed E-state index contributed by atoms with van der Waals surface area (Å²) in [5, 5.41) is 0. The molecular formula is C15H18IN3O. The number of aromatic amines is 1. The number of alkyl halides is 1. The molecule has 2 rings (SSSR count). The van der Waals surface area contributed by atoms with Crippen LogP contribution in [0.5, 0.6) is 0 Å². The maximum atomic E-state index is 12.5. The van der Waals surface area contributed by atoms with E-state index in [0.717, 1.165) is 22.5 Å². The maximum absolute atomic E-state index is 12.5. The lowest BCUT2D eigenvalue weighted by Gasteiger charge is -2.06. The Morgan fingerprint density at radius 3 is 2.75 bits per heavy atom. The number of halogens is 1. The predicted octanol–water partition coefficient (Wildman–Crippen LogP) is 3.81. The molecule has 2 aromatic heterocycles. The molecule has 1 atom stereocenters.